The Bertz CT molecular complexity index is 830. The third-order valence-electron chi connectivity index (χ3n) is 5.03. The molecule has 0 aromatic heterocycles. The normalized spacial score (nSPS) is 17.8. The number of ether oxygens (including phenoxy) is 2. The second-order valence-corrected chi connectivity index (χ2v) is 6.17. The highest BCUT2D eigenvalue weighted by Crippen LogP contribution is 2.52. The van der Waals surface area contributed by atoms with Gasteiger partial charge in [0.2, 0.25) is 0 Å². The van der Waals surface area contributed by atoms with Crippen molar-refractivity contribution in [3.63, 3.8) is 0 Å². The average Bonchev–Trinajstić information content (AvgIpc) is 2.61. The van der Waals surface area contributed by atoms with Gasteiger partial charge in [0.05, 0.1) is 20.3 Å². The molecule has 1 atom stereocenters. The zero-order valence-corrected chi connectivity index (χ0v) is 13.7. The van der Waals surface area contributed by atoms with Crippen LogP contribution < -0.4 is 4.74 Å². The van der Waals surface area contributed by atoms with Crippen LogP contribution >= 0.6 is 0 Å². The van der Waals surface area contributed by atoms with Gasteiger partial charge < -0.3 is 19.5 Å². The van der Waals surface area contributed by atoms with E-state index in [2.05, 4.69) is 6.07 Å². The fourth-order valence-electron chi connectivity index (χ4n) is 4.03. The molecule has 1 N–H and O–H groups in total. The summed E-state index contributed by atoms with van der Waals surface area (Å²) >= 11 is 0. The summed E-state index contributed by atoms with van der Waals surface area (Å²) in [6.45, 7) is 0.581. The topological polar surface area (TPSA) is 59.0 Å². The molecule has 2 aliphatic rings. The molecule has 1 amide bonds. The quantitative estimate of drug-likeness (QED) is 0.874. The van der Waals surface area contributed by atoms with Crippen LogP contribution in [0.2, 0.25) is 0 Å². The largest absolute Gasteiger partial charge is 0.504 e. The molecule has 5 heteroatoms. The molecule has 4 rings (SSSR count). The fraction of sp³-hybridized carbons (Fsp3) is 0.316. The van der Waals surface area contributed by atoms with Crippen molar-refractivity contribution < 1.29 is 19.4 Å². The van der Waals surface area contributed by atoms with Gasteiger partial charge in [-0.25, -0.2) is 4.79 Å². The van der Waals surface area contributed by atoms with Gasteiger partial charge in [0, 0.05) is 12.1 Å². The van der Waals surface area contributed by atoms with Crippen LogP contribution in [-0.4, -0.2) is 36.9 Å². The lowest BCUT2D eigenvalue weighted by atomic mass is 9.76. The van der Waals surface area contributed by atoms with Gasteiger partial charge in [-0.3, -0.25) is 0 Å². The van der Waals surface area contributed by atoms with E-state index in [1.807, 2.05) is 18.2 Å². The number of amides is 1. The van der Waals surface area contributed by atoms with E-state index in [1.165, 1.54) is 7.11 Å². The Kier molecular flexibility index (Phi) is 3.37. The second kappa shape index (κ2) is 5.44. The number of hydrogen-bond donors (Lipinski definition) is 1. The first kappa shape index (κ1) is 14.9. The summed E-state index contributed by atoms with van der Waals surface area (Å²) in [5, 5.41) is 10.4. The minimum Gasteiger partial charge on any atom is -0.504 e. The predicted molar refractivity (Wildman–Crippen MR) is 89.4 cm³/mol. The molecule has 5 nitrogen and oxygen atoms in total. The second-order valence-electron chi connectivity index (χ2n) is 6.17. The van der Waals surface area contributed by atoms with E-state index >= 15 is 0 Å². The predicted octanol–water partition coefficient (Wildman–Crippen LogP) is 3.29. The van der Waals surface area contributed by atoms with Crippen molar-refractivity contribution in [2.75, 3.05) is 20.8 Å². The van der Waals surface area contributed by atoms with E-state index in [0.29, 0.717) is 18.7 Å². The SMILES string of the molecule is COC(=O)N1CCc2cc(O)c(OC)c3c2[C@@H]1Cc1ccccc1-3. The van der Waals surface area contributed by atoms with Crippen LogP contribution in [0, 0.1) is 0 Å². The van der Waals surface area contributed by atoms with Crippen molar-refractivity contribution in [1.29, 1.82) is 0 Å². The summed E-state index contributed by atoms with van der Waals surface area (Å²) in [4.78, 5) is 14.0. The molecule has 0 saturated heterocycles. The first-order valence-corrected chi connectivity index (χ1v) is 8.01. The minimum atomic E-state index is -0.317. The lowest BCUT2D eigenvalue weighted by Crippen LogP contribution is -2.42. The Morgan fingerprint density at radius 3 is 2.79 bits per heavy atom. The Balaban J connectivity index is 2.01. The van der Waals surface area contributed by atoms with E-state index < -0.39 is 0 Å². The van der Waals surface area contributed by atoms with Crippen molar-refractivity contribution in [2.45, 2.75) is 18.9 Å². The molecule has 2 aromatic carbocycles. The molecule has 0 bridgehead atoms. The van der Waals surface area contributed by atoms with Crippen LogP contribution in [0.1, 0.15) is 22.7 Å². The molecule has 1 aliphatic heterocycles. The summed E-state index contributed by atoms with van der Waals surface area (Å²) in [7, 11) is 2.97. The maximum absolute atomic E-state index is 12.2. The van der Waals surface area contributed by atoms with Crippen LogP contribution in [0.25, 0.3) is 11.1 Å². The highest BCUT2D eigenvalue weighted by molar-refractivity contribution is 5.84. The molecule has 1 heterocycles. The van der Waals surface area contributed by atoms with E-state index in [4.69, 9.17) is 9.47 Å². The highest BCUT2D eigenvalue weighted by Gasteiger charge is 2.39. The third-order valence-corrected chi connectivity index (χ3v) is 5.03. The summed E-state index contributed by atoms with van der Waals surface area (Å²) in [5.74, 6) is 0.617. The lowest BCUT2D eigenvalue weighted by molar-refractivity contribution is 0.100. The van der Waals surface area contributed by atoms with Crippen molar-refractivity contribution in [3.05, 3.63) is 47.0 Å². The maximum atomic E-state index is 12.2. The van der Waals surface area contributed by atoms with Crippen LogP contribution in [-0.2, 0) is 17.6 Å². The number of carbonyl (C=O) groups excluding carboxylic acids is 1. The number of fused-ring (bicyclic) bond motifs is 2. The smallest absolute Gasteiger partial charge is 0.410 e. The zero-order chi connectivity index (χ0) is 16.8. The van der Waals surface area contributed by atoms with Crippen molar-refractivity contribution in [3.8, 4) is 22.6 Å². The van der Waals surface area contributed by atoms with Crippen molar-refractivity contribution >= 4 is 6.09 Å². The number of carbonyl (C=O) groups is 1. The zero-order valence-electron chi connectivity index (χ0n) is 13.7. The van der Waals surface area contributed by atoms with Gasteiger partial charge in [0.15, 0.2) is 11.5 Å². The van der Waals surface area contributed by atoms with Crippen molar-refractivity contribution in [2.24, 2.45) is 0 Å². The van der Waals surface area contributed by atoms with Crippen LogP contribution in [0.3, 0.4) is 0 Å². The molecule has 0 saturated carbocycles. The number of aromatic hydroxyl groups is 1. The van der Waals surface area contributed by atoms with Gasteiger partial charge in [0.1, 0.15) is 0 Å². The number of rotatable bonds is 1. The Morgan fingerprint density at radius 1 is 1.25 bits per heavy atom. The number of phenols is 1. The molecule has 2 aromatic rings. The first-order chi connectivity index (χ1) is 11.7. The maximum Gasteiger partial charge on any atom is 0.410 e. The summed E-state index contributed by atoms with van der Waals surface area (Å²) in [5.41, 5.74) is 5.24. The summed E-state index contributed by atoms with van der Waals surface area (Å²) in [6.07, 6.45) is 1.11. The van der Waals surface area contributed by atoms with Gasteiger partial charge in [-0.15, -0.1) is 0 Å². The van der Waals surface area contributed by atoms with Gasteiger partial charge in [0.25, 0.3) is 0 Å². The average molecular weight is 325 g/mol. The molecule has 0 unspecified atom stereocenters. The third kappa shape index (κ3) is 1.97. The van der Waals surface area contributed by atoms with Crippen molar-refractivity contribution in [1.82, 2.24) is 4.90 Å². The molecule has 124 valence electrons. The Hall–Kier alpha value is -2.69. The van der Waals surface area contributed by atoms with Crippen LogP contribution in [0.15, 0.2) is 30.3 Å². The Labute approximate surface area is 140 Å². The molecular weight excluding hydrogens is 306 g/mol. The van der Waals surface area contributed by atoms with Gasteiger partial charge in [-0.1, -0.05) is 24.3 Å². The standard InChI is InChI=1S/C19H19NO4/c1-23-18-15(21)10-12-7-8-20(19(22)24-2)14-9-11-5-3-4-6-13(11)17(18)16(12)14/h3-6,10,14,21H,7-9H2,1-2H3/t14-/m0/s1. The van der Waals surface area contributed by atoms with Crippen LogP contribution in [0.4, 0.5) is 4.79 Å². The first-order valence-electron chi connectivity index (χ1n) is 8.01. The minimum absolute atomic E-state index is 0.0967. The summed E-state index contributed by atoms with van der Waals surface area (Å²) < 4.78 is 10.5. The molecule has 24 heavy (non-hydrogen) atoms. The fourth-order valence-corrected chi connectivity index (χ4v) is 4.03. The molecular formula is C19H19NO4. The number of methoxy groups -OCH3 is 2. The molecule has 0 fully saturated rings. The van der Waals surface area contributed by atoms with E-state index in [0.717, 1.165) is 34.2 Å². The van der Waals surface area contributed by atoms with Gasteiger partial charge in [-0.2, -0.15) is 0 Å². The van der Waals surface area contributed by atoms with Gasteiger partial charge in [-0.05, 0) is 41.2 Å². The lowest BCUT2D eigenvalue weighted by Gasteiger charge is -2.41. The number of benzene rings is 2. The molecule has 1 aliphatic carbocycles. The number of hydrogen-bond acceptors (Lipinski definition) is 4. The number of nitrogens with zero attached hydrogens (tertiary/aromatic N) is 1. The number of phenolic OH excluding ortho intramolecular Hbond substituents is 1. The monoisotopic (exact) mass is 325 g/mol. The highest BCUT2D eigenvalue weighted by atomic mass is 16.5. The molecule has 0 spiro atoms. The van der Waals surface area contributed by atoms with E-state index in [-0.39, 0.29) is 17.9 Å². The molecule has 0 radical (unpaired) electrons. The van der Waals surface area contributed by atoms with E-state index in [9.17, 15) is 9.90 Å². The van der Waals surface area contributed by atoms with E-state index in [1.54, 1.807) is 18.1 Å². The summed E-state index contributed by atoms with van der Waals surface area (Å²) in [6, 6.07) is 9.75. The van der Waals surface area contributed by atoms with Crippen LogP contribution in [0.5, 0.6) is 11.5 Å². The van der Waals surface area contributed by atoms with Gasteiger partial charge >= 0.3 is 6.09 Å². The Morgan fingerprint density at radius 2 is 2.04 bits per heavy atom.